The van der Waals surface area contributed by atoms with Crippen LogP contribution in [0.1, 0.15) is 91.9 Å². The Morgan fingerprint density at radius 1 is 1.00 bits per heavy atom. The Bertz CT molecular complexity index is 724. The van der Waals surface area contributed by atoms with E-state index in [9.17, 15) is 9.59 Å². The lowest BCUT2D eigenvalue weighted by Gasteiger charge is -2.63. The molecule has 4 aliphatic carbocycles. The molecule has 182 valence electrons. The number of hydrogen-bond acceptors (Lipinski definition) is 4. The SMILES string of the molecule is COC(=O)CC[C@H](C)[C@H]1CC[C@@H]2[C@@H]3[C@H](OC(C)=O)[C@H](Br)[C@@H]4CCCC[C@]4(C)[C@H]3CC[C@@]21C. The van der Waals surface area contributed by atoms with Crippen LogP contribution in [0, 0.1) is 46.3 Å². The summed E-state index contributed by atoms with van der Waals surface area (Å²) in [5.74, 6) is 3.19. The van der Waals surface area contributed by atoms with Gasteiger partial charge in [-0.2, -0.15) is 0 Å². The number of alkyl halides is 1. The largest absolute Gasteiger partial charge is 0.469 e. The Balaban J connectivity index is 1.63. The molecule has 4 rings (SSSR count). The van der Waals surface area contributed by atoms with Crippen molar-refractivity contribution >= 4 is 27.9 Å². The third kappa shape index (κ3) is 3.96. The van der Waals surface area contributed by atoms with Crippen LogP contribution in [0.2, 0.25) is 0 Å². The van der Waals surface area contributed by atoms with Crippen molar-refractivity contribution in [2.75, 3.05) is 7.11 Å². The van der Waals surface area contributed by atoms with E-state index in [2.05, 4.69) is 36.7 Å². The molecule has 0 aromatic carbocycles. The molecule has 0 bridgehead atoms. The van der Waals surface area contributed by atoms with Gasteiger partial charge >= 0.3 is 11.9 Å². The van der Waals surface area contributed by atoms with Crippen molar-refractivity contribution in [1.29, 1.82) is 0 Å². The van der Waals surface area contributed by atoms with E-state index in [-0.39, 0.29) is 28.3 Å². The lowest BCUT2D eigenvalue weighted by Crippen LogP contribution is -2.62. The highest BCUT2D eigenvalue weighted by Gasteiger charge is 2.65. The first-order valence-electron chi connectivity index (χ1n) is 13.0. The first kappa shape index (κ1) is 24.5. The van der Waals surface area contributed by atoms with Crippen LogP contribution >= 0.6 is 15.9 Å². The van der Waals surface area contributed by atoms with Crippen molar-refractivity contribution in [3.63, 3.8) is 0 Å². The molecule has 0 aliphatic heterocycles. The summed E-state index contributed by atoms with van der Waals surface area (Å²) in [4.78, 5) is 24.2. The Labute approximate surface area is 203 Å². The number of rotatable bonds is 5. The van der Waals surface area contributed by atoms with E-state index in [4.69, 9.17) is 9.47 Å². The van der Waals surface area contributed by atoms with Crippen molar-refractivity contribution in [2.45, 2.75) is 103 Å². The molecule has 0 amide bonds. The summed E-state index contributed by atoms with van der Waals surface area (Å²) in [6.07, 6.45) is 11.6. The second-order valence-electron chi connectivity index (χ2n) is 12.0. The fraction of sp³-hybridized carbons (Fsp3) is 0.926. The molecule has 0 unspecified atom stereocenters. The Kier molecular flexibility index (Phi) is 7.08. The van der Waals surface area contributed by atoms with Gasteiger partial charge in [0.1, 0.15) is 6.10 Å². The zero-order chi connectivity index (χ0) is 23.3. The summed E-state index contributed by atoms with van der Waals surface area (Å²) < 4.78 is 11.1. The predicted molar refractivity (Wildman–Crippen MR) is 129 cm³/mol. The third-order valence-electron chi connectivity index (χ3n) is 10.7. The summed E-state index contributed by atoms with van der Waals surface area (Å²) >= 11 is 4.10. The van der Waals surface area contributed by atoms with Crippen LogP contribution in [0.25, 0.3) is 0 Å². The second kappa shape index (κ2) is 9.23. The smallest absolute Gasteiger partial charge is 0.305 e. The minimum Gasteiger partial charge on any atom is -0.469 e. The summed E-state index contributed by atoms with van der Waals surface area (Å²) in [6.45, 7) is 8.99. The van der Waals surface area contributed by atoms with Crippen LogP contribution in [0.3, 0.4) is 0 Å². The zero-order valence-corrected chi connectivity index (χ0v) is 22.3. The molecule has 4 aliphatic rings. The highest BCUT2D eigenvalue weighted by molar-refractivity contribution is 9.09. The van der Waals surface area contributed by atoms with Crippen LogP contribution in [-0.2, 0) is 19.1 Å². The van der Waals surface area contributed by atoms with Crippen molar-refractivity contribution < 1.29 is 19.1 Å². The van der Waals surface area contributed by atoms with Crippen molar-refractivity contribution in [1.82, 2.24) is 0 Å². The molecule has 0 heterocycles. The highest BCUT2D eigenvalue weighted by atomic mass is 79.9. The molecule has 0 N–H and O–H groups in total. The summed E-state index contributed by atoms with van der Waals surface area (Å²) in [5, 5.41) is 0. The molecule has 32 heavy (non-hydrogen) atoms. The van der Waals surface area contributed by atoms with E-state index in [0.29, 0.717) is 47.3 Å². The van der Waals surface area contributed by atoms with Gasteiger partial charge in [0.15, 0.2) is 0 Å². The quantitative estimate of drug-likeness (QED) is 0.311. The first-order chi connectivity index (χ1) is 15.1. The van der Waals surface area contributed by atoms with Crippen LogP contribution in [0.4, 0.5) is 0 Å². The maximum absolute atomic E-state index is 12.2. The van der Waals surface area contributed by atoms with Gasteiger partial charge in [0.05, 0.1) is 11.9 Å². The summed E-state index contributed by atoms with van der Waals surface area (Å²) in [7, 11) is 1.48. The summed E-state index contributed by atoms with van der Waals surface area (Å²) in [6, 6.07) is 0. The number of esters is 2. The number of halogens is 1. The normalized spacial score (nSPS) is 46.4. The molecule has 5 heteroatoms. The van der Waals surface area contributed by atoms with Gasteiger partial charge in [-0.05, 0) is 85.4 Å². The third-order valence-corrected chi connectivity index (χ3v) is 11.8. The van der Waals surface area contributed by atoms with Crippen molar-refractivity contribution in [3.05, 3.63) is 0 Å². The Hall–Kier alpha value is -0.580. The van der Waals surface area contributed by atoms with E-state index >= 15 is 0 Å². The fourth-order valence-electron chi connectivity index (χ4n) is 9.19. The lowest BCUT2D eigenvalue weighted by molar-refractivity contribution is -0.185. The molecular formula is C27H43BrO4. The van der Waals surface area contributed by atoms with E-state index in [1.807, 2.05) is 0 Å². The van der Waals surface area contributed by atoms with Gasteiger partial charge in [-0.1, -0.05) is 49.5 Å². The molecule has 0 spiro atoms. The Morgan fingerprint density at radius 2 is 1.72 bits per heavy atom. The molecule has 0 aromatic rings. The topological polar surface area (TPSA) is 52.6 Å². The summed E-state index contributed by atoms with van der Waals surface area (Å²) in [5.41, 5.74) is 0.614. The molecule has 4 saturated carbocycles. The monoisotopic (exact) mass is 510 g/mol. The van der Waals surface area contributed by atoms with E-state index in [1.165, 1.54) is 58.5 Å². The second-order valence-corrected chi connectivity index (χ2v) is 13.0. The number of carbonyl (C=O) groups excluding carboxylic acids is 2. The number of hydrogen-bond donors (Lipinski definition) is 0. The molecule has 0 radical (unpaired) electrons. The number of ether oxygens (including phenoxy) is 2. The fourth-order valence-corrected chi connectivity index (χ4v) is 10.5. The van der Waals surface area contributed by atoms with Crippen LogP contribution in [0.5, 0.6) is 0 Å². The maximum atomic E-state index is 12.2. The predicted octanol–water partition coefficient (Wildman–Crippen LogP) is 6.54. The average Bonchev–Trinajstić information content (AvgIpc) is 3.11. The average molecular weight is 512 g/mol. The molecule has 4 fully saturated rings. The number of methoxy groups -OCH3 is 1. The lowest BCUT2D eigenvalue weighted by atomic mass is 9.43. The van der Waals surface area contributed by atoms with Crippen LogP contribution in [-0.4, -0.2) is 30.0 Å². The highest BCUT2D eigenvalue weighted by Crippen LogP contribution is 2.69. The molecule has 4 nitrogen and oxygen atoms in total. The standard InChI is InChI=1S/C27H43BrO4/c1-16(9-12-22(30)31-5)18-10-11-19-23-20(13-15-27(18,19)4)26(3)14-7-6-8-21(26)24(28)25(23)32-17(2)29/h16,18-21,23-25H,6-15H2,1-5H3/t16-,18+,19+,20-,21-,23-,24+,25-,26+,27+/m0/s1. The van der Waals surface area contributed by atoms with Gasteiger partial charge < -0.3 is 9.47 Å². The minimum absolute atomic E-state index is 0.0116. The first-order valence-corrected chi connectivity index (χ1v) is 13.9. The maximum Gasteiger partial charge on any atom is 0.305 e. The molecule has 0 aromatic heterocycles. The minimum atomic E-state index is -0.133. The molecule has 10 atom stereocenters. The van der Waals surface area contributed by atoms with Gasteiger partial charge in [-0.3, -0.25) is 9.59 Å². The van der Waals surface area contributed by atoms with Gasteiger partial charge in [0.2, 0.25) is 0 Å². The van der Waals surface area contributed by atoms with E-state index < -0.39 is 0 Å². The number of fused-ring (bicyclic) bond motifs is 5. The van der Waals surface area contributed by atoms with Gasteiger partial charge in [-0.25, -0.2) is 0 Å². The number of carbonyl (C=O) groups is 2. The van der Waals surface area contributed by atoms with Crippen molar-refractivity contribution in [3.8, 4) is 0 Å². The van der Waals surface area contributed by atoms with Crippen LogP contribution < -0.4 is 0 Å². The Morgan fingerprint density at radius 3 is 2.41 bits per heavy atom. The van der Waals surface area contributed by atoms with Crippen LogP contribution in [0.15, 0.2) is 0 Å². The van der Waals surface area contributed by atoms with Crippen molar-refractivity contribution in [2.24, 2.45) is 46.3 Å². The van der Waals surface area contributed by atoms with Gasteiger partial charge in [0, 0.05) is 19.3 Å². The van der Waals surface area contributed by atoms with Gasteiger partial charge in [0.25, 0.3) is 0 Å². The van der Waals surface area contributed by atoms with E-state index in [1.54, 1.807) is 6.92 Å². The zero-order valence-electron chi connectivity index (χ0n) is 20.7. The molecule has 0 saturated heterocycles. The van der Waals surface area contributed by atoms with Gasteiger partial charge in [-0.15, -0.1) is 0 Å². The molecular weight excluding hydrogens is 468 g/mol. The van der Waals surface area contributed by atoms with E-state index in [0.717, 1.165) is 6.42 Å².